The lowest BCUT2D eigenvalue weighted by molar-refractivity contribution is -0.305. The van der Waals surface area contributed by atoms with Crippen molar-refractivity contribution in [2.45, 2.75) is 275 Å². The number of hydrogen-bond acceptors (Lipinski definition) is 10. The monoisotopic (exact) mass is 1060 g/mol. The van der Waals surface area contributed by atoms with Crippen LogP contribution in [-0.4, -0.2) is 99.6 Å². The van der Waals surface area contributed by atoms with Crippen molar-refractivity contribution in [1.29, 1.82) is 0 Å². The maximum Gasteiger partial charge on any atom is 0.306 e. The molecule has 1 saturated heterocycles. The lowest BCUT2D eigenvalue weighted by atomic mass is 9.99. The third kappa shape index (κ3) is 39.6. The number of nitrogens with one attached hydrogen (secondary N) is 1. The maximum absolute atomic E-state index is 13.3. The van der Waals surface area contributed by atoms with Crippen molar-refractivity contribution in [3.05, 3.63) is 109 Å². The summed E-state index contributed by atoms with van der Waals surface area (Å²) in [6, 6.07) is -1.05. The van der Waals surface area contributed by atoms with Gasteiger partial charge in [0.2, 0.25) is 5.91 Å². The minimum atomic E-state index is -1.63. The molecule has 0 bridgehead atoms. The van der Waals surface area contributed by atoms with Crippen molar-refractivity contribution in [2.75, 3.05) is 13.2 Å². The van der Waals surface area contributed by atoms with Crippen LogP contribution in [0.3, 0.4) is 0 Å². The summed E-state index contributed by atoms with van der Waals surface area (Å²) in [5.74, 6) is -1.26. The summed E-state index contributed by atoms with van der Waals surface area (Å²) in [7, 11) is 0. The number of ether oxygens (including phenoxy) is 3. The van der Waals surface area contributed by atoms with E-state index in [0.29, 0.717) is 12.8 Å². The fourth-order valence-electron chi connectivity index (χ4n) is 8.70. The zero-order chi connectivity index (χ0) is 55.4. The van der Waals surface area contributed by atoms with Gasteiger partial charge in [-0.1, -0.05) is 239 Å². The van der Waals surface area contributed by atoms with E-state index < -0.39 is 67.4 Å². The van der Waals surface area contributed by atoms with Crippen LogP contribution < -0.4 is 5.32 Å². The van der Waals surface area contributed by atoms with Gasteiger partial charge in [0, 0.05) is 6.42 Å². The molecule has 0 saturated carbocycles. The van der Waals surface area contributed by atoms with Crippen LogP contribution in [-0.2, 0) is 23.8 Å². The number of carbonyl (C=O) groups excluding carboxylic acids is 2. The molecule has 11 nitrogen and oxygen atoms in total. The van der Waals surface area contributed by atoms with Crippen LogP contribution in [0.1, 0.15) is 226 Å². The third-order valence-corrected chi connectivity index (χ3v) is 13.5. The molecule has 0 spiro atoms. The van der Waals surface area contributed by atoms with Gasteiger partial charge in [0.25, 0.3) is 0 Å². The molecule has 0 aromatic carbocycles. The second-order valence-electron chi connectivity index (χ2n) is 20.4. The van der Waals surface area contributed by atoms with E-state index >= 15 is 0 Å². The molecule has 0 aromatic rings. The summed E-state index contributed by atoms with van der Waals surface area (Å²) in [6.45, 7) is 5.56. The summed E-state index contributed by atoms with van der Waals surface area (Å²) < 4.78 is 17.6. The van der Waals surface area contributed by atoms with Crippen LogP contribution in [0, 0.1) is 0 Å². The van der Waals surface area contributed by atoms with Gasteiger partial charge in [-0.05, 0) is 89.9 Å². The van der Waals surface area contributed by atoms with Crippen LogP contribution in [0.15, 0.2) is 109 Å². The van der Waals surface area contributed by atoms with Gasteiger partial charge in [-0.15, -0.1) is 0 Å². The number of allylic oxidation sites excluding steroid dienone is 17. The van der Waals surface area contributed by atoms with E-state index in [1.165, 1.54) is 70.6 Å². The predicted octanol–water partition coefficient (Wildman–Crippen LogP) is 14.1. The molecule has 1 heterocycles. The molecule has 1 aliphatic rings. The highest BCUT2D eigenvalue weighted by atomic mass is 16.7. The standard InChI is InChI=1S/C65H109NO10/c1-4-7-10-13-16-19-22-25-26-27-28-29-30-31-32-33-34-35-38-41-44-47-50-53-60(70)76-63-62(72)61(71)59(54-67)75-65(63)74-55-56(57(68)51-48-45-42-39-36-23-20-17-14-11-8-5-2)66-64(73)58(69)52-49-46-43-40-37-24-21-18-15-12-9-6-3/h9,12,15-16,18-19,21,24-26,28-29,31-32,37,40,48,51,56-59,61-63,65,67-69,71-72H,4-8,10-11,13-14,17,20,22-23,27,30,33-36,38-39,41-47,49-50,52-55H2,1-3H3,(H,66,73)/b12-9+,18-15+,19-16-,24-21-,26-25-,29-28-,32-31-,40-37-,51-48+. The Morgan fingerprint density at radius 2 is 1.00 bits per heavy atom. The average Bonchev–Trinajstić information content (AvgIpc) is 3.42. The Balaban J connectivity index is 2.68. The molecular weight excluding hydrogens is 955 g/mol. The van der Waals surface area contributed by atoms with Gasteiger partial charge < -0.3 is 45.1 Å². The van der Waals surface area contributed by atoms with Crippen molar-refractivity contribution < 1.29 is 49.3 Å². The predicted molar refractivity (Wildman–Crippen MR) is 315 cm³/mol. The highest BCUT2D eigenvalue weighted by molar-refractivity contribution is 5.80. The number of aliphatic hydroxyl groups is 5. The summed E-state index contributed by atoms with van der Waals surface area (Å²) in [5, 5.41) is 56.8. The van der Waals surface area contributed by atoms with Gasteiger partial charge in [-0.25, -0.2) is 0 Å². The number of aliphatic hydroxyl groups excluding tert-OH is 5. The fraction of sp³-hybridized carbons (Fsp3) is 0.692. The first kappa shape index (κ1) is 70.3. The first-order valence-corrected chi connectivity index (χ1v) is 30.2. The van der Waals surface area contributed by atoms with E-state index in [2.05, 4.69) is 80.8 Å². The van der Waals surface area contributed by atoms with Crippen LogP contribution >= 0.6 is 0 Å². The van der Waals surface area contributed by atoms with Gasteiger partial charge >= 0.3 is 5.97 Å². The lowest BCUT2D eigenvalue weighted by Gasteiger charge is -2.41. The fourth-order valence-corrected chi connectivity index (χ4v) is 8.70. The van der Waals surface area contributed by atoms with E-state index in [4.69, 9.17) is 14.2 Å². The van der Waals surface area contributed by atoms with Crippen molar-refractivity contribution in [1.82, 2.24) is 5.32 Å². The van der Waals surface area contributed by atoms with Crippen molar-refractivity contribution in [2.24, 2.45) is 0 Å². The Hall–Kier alpha value is -3.68. The summed E-state index contributed by atoms with van der Waals surface area (Å²) in [6.07, 6.45) is 59.9. The third-order valence-electron chi connectivity index (χ3n) is 13.5. The van der Waals surface area contributed by atoms with Crippen LogP contribution in [0.2, 0.25) is 0 Å². The van der Waals surface area contributed by atoms with E-state index in [1.807, 2.05) is 48.6 Å². The minimum Gasteiger partial charge on any atom is -0.454 e. The highest BCUT2D eigenvalue weighted by Crippen LogP contribution is 2.26. The average molecular weight is 1060 g/mol. The smallest absolute Gasteiger partial charge is 0.306 e. The van der Waals surface area contributed by atoms with Crippen molar-refractivity contribution in [3.63, 3.8) is 0 Å². The Kier molecular flexibility index (Phi) is 48.2. The van der Waals surface area contributed by atoms with Crippen LogP contribution in [0.4, 0.5) is 0 Å². The number of esters is 1. The normalized spacial score (nSPS) is 19.9. The van der Waals surface area contributed by atoms with Crippen LogP contribution in [0.25, 0.3) is 0 Å². The molecule has 1 rings (SSSR count). The number of amides is 1. The molecule has 1 aliphatic heterocycles. The zero-order valence-electron chi connectivity index (χ0n) is 47.8. The maximum atomic E-state index is 13.3. The topological polar surface area (TPSA) is 175 Å². The van der Waals surface area contributed by atoms with E-state index in [9.17, 15) is 35.1 Å². The van der Waals surface area contributed by atoms with Gasteiger partial charge in [-0.2, -0.15) is 0 Å². The quantitative estimate of drug-likeness (QED) is 0.0149. The number of unbranched alkanes of at least 4 members (excludes halogenated alkanes) is 22. The Morgan fingerprint density at radius 3 is 1.57 bits per heavy atom. The molecule has 11 heteroatoms. The van der Waals surface area contributed by atoms with E-state index in [0.717, 1.165) is 109 Å². The summed E-state index contributed by atoms with van der Waals surface area (Å²) in [5.41, 5.74) is 0. The summed E-state index contributed by atoms with van der Waals surface area (Å²) >= 11 is 0. The molecule has 0 aliphatic carbocycles. The number of rotatable bonds is 49. The molecule has 434 valence electrons. The number of carbonyl (C=O) groups is 2. The van der Waals surface area contributed by atoms with Crippen molar-refractivity contribution in [3.8, 4) is 0 Å². The Labute approximate surface area is 462 Å². The first-order chi connectivity index (χ1) is 37.2. The first-order valence-electron chi connectivity index (χ1n) is 30.2. The molecule has 8 unspecified atom stereocenters. The molecular formula is C65H109NO10. The zero-order valence-corrected chi connectivity index (χ0v) is 47.8. The van der Waals surface area contributed by atoms with Crippen LogP contribution in [0.5, 0.6) is 0 Å². The van der Waals surface area contributed by atoms with E-state index in [-0.39, 0.29) is 19.4 Å². The molecule has 6 N–H and O–H groups in total. The minimum absolute atomic E-state index is 0.1000. The van der Waals surface area contributed by atoms with Gasteiger partial charge in [-0.3, -0.25) is 9.59 Å². The highest BCUT2D eigenvalue weighted by Gasteiger charge is 2.47. The largest absolute Gasteiger partial charge is 0.454 e. The van der Waals surface area contributed by atoms with E-state index in [1.54, 1.807) is 6.08 Å². The SMILES string of the molecule is CC/C=C/C=C/C=C\C=C/CCCCC(O)C(=O)NC(COC1OC(CO)C(O)C(O)C1OC(=O)CCCCCCCCC/C=C\C/C=C\C/C=C\C/C=C\CCCCC)C(O)/C=C/CCCCCCCCCCCC. The Bertz CT molecular complexity index is 1650. The molecule has 1 amide bonds. The second kappa shape index (κ2) is 52.0. The molecule has 1 fully saturated rings. The van der Waals surface area contributed by atoms with Gasteiger partial charge in [0.05, 0.1) is 25.4 Å². The van der Waals surface area contributed by atoms with Gasteiger partial charge in [0.15, 0.2) is 12.4 Å². The van der Waals surface area contributed by atoms with Crippen molar-refractivity contribution >= 4 is 11.9 Å². The lowest BCUT2D eigenvalue weighted by Crippen LogP contribution is -2.61. The molecule has 76 heavy (non-hydrogen) atoms. The Morgan fingerprint density at radius 1 is 0.539 bits per heavy atom. The van der Waals surface area contributed by atoms with Gasteiger partial charge in [0.1, 0.15) is 24.4 Å². The molecule has 8 atom stereocenters. The summed E-state index contributed by atoms with van der Waals surface area (Å²) in [4.78, 5) is 26.5. The number of hydrogen-bond donors (Lipinski definition) is 6. The molecule has 0 aromatic heterocycles. The second-order valence-corrected chi connectivity index (χ2v) is 20.4. The molecule has 0 radical (unpaired) electrons.